The second-order valence-corrected chi connectivity index (χ2v) is 4.49. The number of aryl methyl sites for hydroxylation is 2. The minimum absolute atomic E-state index is 0.122. The highest BCUT2D eigenvalue weighted by atomic mass is 19.1. The van der Waals surface area contributed by atoms with Gasteiger partial charge in [-0.05, 0) is 37.3 Å². The van der Waals surface area contributed by atoms with Gasteiger partial charge in [-0.1, -0.05) is 0 Å². The summed E-state index contributed by atoms with van der Waals surface area (Å²) < 4.78 is 16.2. The van der Waals surface area contributed by atoms with Crippen molar-refractivity contribution >= 4 is 11.0 Å². The molecule has 96 valence electrons. The van der Waals surface area contributed by atoms with E-state index in [0.29, 0.717) is 16.9 Å². The molecule has 0 spiro atoms. The average molecular weight is 257 g/mol. The largest absolute Gasteiger partial charge is 0.269 e. The Hall–Kier alpha value is -2.43. The molecule has 0 aliphatic heterocycles. The third-order valence-corrected chi connectivity index (χ3v) is 3.14. The molecule has 2 aromatic heterocycles. The third kappa shape index (κ3) is 1.74. The van der Waals surface area contributed by atoms with E-state index in [4.69, 9.17) is 0 Å². The van der Waals surface area contributed by atoms with Gasteiger partial charge in [-0.15, -0.1) is 0 Å². The lowest BCUT2D eigenvalue weighted by Crippen LogP contribution is -2.22. The van der Waals surface area contributed by atoms with Gasteiger partial charge in [-0.25, -0.2) is 4.39 Å². The zero-order chi connectivity index (χ0) is 13.6. The number of hydrogen-bond donors (Lipinski definition) is 0. The van der Waals surface area contributed by atoms with Crippen LogP contribution in [-0.2, 0) is 7.05 Å². The summed E-state index contributed by atoms with van der Waals surface area (Å²) in [5.74, 6) is -0.328. The molecule has 4 nitrogen and oxygen atoms in total. The highest BCUT2D eigenvalue weighted by Crippen LogP contribution is 2.17. The maximum Gasteiger partial charge on any atom is 0.259 e. The van der Waals surface area contributed by atoms with E-state index in [1.165, 1.54) is 12.1 Å². The minimum Gasteiger partial charge on any atom is -0.269 e. The van der Waals surface area contributed by atoms with Crippen LogP contribution in [0.25, 0.3) is 16.7 Å². The van der Waals surface area contributed by atoms with E-state index in [0.717, 1.165) is 5.39 Å². The molecule has 0 unspecified atom stereocenters. The number of rotatable bonds is 1. The fourth-order valence-corrected chi connectivity index (χ4v) is 2.22. The molecule has 0 bridgehead atoms. The van der Waals surface area contributed by atoms with Gasteiger partial charge in [-0.2, -0.15) is 5.10 Å². The van der Waals surface area contributed by atoms with E-state index in [9.17, 15) is 9.18 Å². The maximum atomic E-state index is 13.0. The Morgan fingerprint density at radius 3 is 2.58 bits per heavy atom. The zero-order valence-electron chi connectivity index (χ0n) is 10.6. The molecule has 0 atom stereocenters. The van der Waals surface area contributed by atoms with Gasteiger partial charge in [-0.3, -0.25) is 14.0 Å². The van der Waals surface area contributed by atoms with E-state index < -0.39 is 0 Å². The monoisotopic (exact) mass is 257 g/mol. The lowest BCUT2D eigenvalue weighted by Gasteiger charge is -2.10. The molecule has 2 heterocycles. The molecule has 0 aliphatic rings. The molecule has 5 heteroatoms. The van der Waals surface area contributed by atoms with Crippen LogP contribution >= 0.6 is 0 Å². The quantitative estimate of drug-likeness (QED) is 0.670. The van der Waals surface area contributed by atoms with Crippen molar-refractivity contribution in [3.63, 3.8) is 0 Å². The summed E-state index contributed by atoms with van der Waals surface area (Å²) in [6.45, 7) is 1.76. The van der Waals surface area contributed by atoms with E-state index in [2.05, 4.69) is 5.10 Å². The molecular weight excluding hydrogens is 245 g/mol. The fraction of sp³-hybridized carbons (Fsp3) is 0.143. The summed E-state index contributed by atoms with van der Waals surface area (Å²) in [5, 5.41) is 5.04. The van der Waals surface area contributed by atoms with Crippen LogP contribution in [0.1, 0.15) is 5.56 Å². The van der Waals surface area contributed by atoms with E-state index >= 15 is 0 Å². The van der Waals surface area contributed by atoms with Gasteiger partial charge in [0.25, 0.3) is 5.56 Å². The topological polar surface area (TPSA) is 39.8 Å². The summed E-state index contributed by atoms with van der Waals surface area (Å²) in [4.78, 5) is 12.3. The van der Waals surface area contributed by atoms with Crippen LogP contribution in [0.15, 0.2) is 41.3 Å². The average Bonchev–Trinajstić information content (AvgIpc) is 2.74. The van der Waals surface area contributed by atoms with Gasteiger partial charge in [0.05, 0.1) is 11.9 Å². The van der Waals surface area contributed by atoms with Crippen molar-refractivity contribution in [1.82, 2.24) is 14.3 Å². The smallest absolute Gasteiger partial charge is 0.259 e. The third-order valence-electron chi connectivity index (χ3n) is 3.14. The van der Waals surface area contributed by atoms with Crippen LogP contribution in [0.5, 0.6) is 0 Å². The van der Waals surface area contributed by atoms with Crippen molar-refractivity contribution in [3.05, 3.63) is 58.3 Å². The molecule has 19 heavy (non-hydrogen) atoms. The van der Waals surface area contributed by atoms with Crippen LogP contribution in [0.3, 0.4) is 0 Å². The zero-order valence-corrected chi connectivity index (χ0v) is 10.6. The molecule has 0 fully saturated rings. The maximum absolute atomic E-state index is 13.0. The predicted molar refractivity (Wildman–Crippen MR) is 71.0 cm³/mol. The number of benzene rings is 1. The minimum atomic E-state index is -0.328. The predicted octanol–water partition coefficient (Wildman–Crippen LogP) is 2.17. The molecule has 3 rings (SSSR count). The van der Waals surface area contributed by atoms with E-state index in [1.54, 1.807) is 41.5 Å². The Balaban J connectivity index is 2.44. The van der Waals surface area contributed by atoms with Gasteiger partial charge in [0, 0.05) is 18.0 Å². The second-order valence-electron chi connectivity index (χ2n) is 4.49. The highest BCUT2D eigenvalue weighted by molar-refractivity contribution is 5.77. The van der Waals surface area contributed by atoms with Crippen molar-refractivity contribution in [2.75, 3.05) is 0 Å². The van der Waals surface area contributed by atoms with Gasteiger partial charge in [0.15, 0.2) is 0 Å². The first-order chi connectivity index (χ1) is 9.08. The first-order valence-electron chi connectivity index (χ1n) is 5.88. The normalized spacial score (nSPS) is 11.1. The number of fused-ring (bicyclic) bond motifs is 1. The van der Waals surface area contributed by atoms with Gasteiger partial charge in [0.1, 0.15) is 11.5 Å². The second kappa shape index (κ2) is 4.05. The molecule has 1 aromatic carbocycles. The Bertz CT molecular complexity index is 815. The molecule has 3 aromatic rings. The number of hydrogen-bond acceptors (Lipinski definition) is 2. The summed E-state index contributed by atoms with van der Waals surface area (Å²) in [5.41, 5.74) is 1.83. The van der Waals surface area contributed by atoms with Gasteiger partial charge >= 0.3 is 0 Å². The van der Waals surface area contributed by atoms with Crippen molar-refractivity contribution in [2.24, 2.45) is 7.05 Å². The number of aromatic nitrogens is 3. The van der Waals surface area contributed by atoms with Crippen LogP contribution < -0.4 is 5.56 Å². The molecule has 0 radical (unpaired) electrons. The van der Waals surface area contributed by atoms with Crippen LogP contribution in [-0.4, -0.2) is 14.3 Å². The van der Waals surface area contributed by atoms with Crippen molar-refractivity contribution in [1.29, 1.82) is 0 Å². The summed E-state index contributed by atoms with van der Waals surface area (Å²) in [7, 11) is 1.77. The molecule has 0 amide bonds. The van der Waals surface area contributed by atoms with Crippen molar-refractivity contribution in [3.8, 4) is 5.69 Å². The molecule has 0 saturated heterocycles. The Labute approximate surface area is 108 Å². The van der Waals surface area contributed by atoms with Crippen LogP contribution in [0, 0.1) is 12.7 Å². The number of nitrogens with zero attached hydrogens (tertiary/aromatic N) is 3. The lowest BCUT2D eigenvalue weighted by molar-refractivity contribution is 0.627. The SMILES string of the molecule is Cc1cc2cnn(C)c2n(-c2ccc(F)cc2)c1=O. The van der Waals surface area contributed by atoms with Crippen LogP contribution in [0.4, 0.5) is 4.39 Å². The summed E-state index contributed by atoms with van der Waals surface area (Å²) in [6.07, 6.45) is 1.71. The highest BCUT2D eigenvalue weighted by Gasteiger charge is 2.12. The summed E-state index contributed by atoms with van der Waals surface area (Å²) >= 11 is 0. The van der Waals surface area contributed by atoms with Crippen LogP contribution in [0.2, 0.25) is 0 Å². The molecule has 0 aliphatic carbocycles. The van der Waals surface area contributed by atoms with E-state index in [-0.39, 0.29) is 11.4 Å². The fourth-order valence-electron chi connectivity index (χ4n) is 2.22. The van der Waals surface area contributed by atoms with Gasteiger partial charge in [0.2, 0.25) is 0 Å². The molecule has 0 N–H and O–H groups in total. The molecule has 0 saturated carbocycles. The van der Waals surface area contributed by atoms with Crippen molar-refractivity contribution in [2.45, 2.75) is 6.92 Å². The number of halogens is 1. The Kier molecular flexibility index (Phi) is 2.48. The first-order valence-corrected chi connectivity index (χ1v) is 5.88. The van der Waals surface area contributed by atoms with E-state index in [1.807, 2.05) is 6.07 Å². The molecular formula is C14H12FN3O. The Morgan fingerprint density at radius 1 is 1.21 bits per heavy atom. The lowest BCUT2D eigenvalue weighted by atomic mass is 10.2. The van der Waals surface area contributed by atoms with Gasteiger partial charge < -0.3 is 0 Å². The standard InChI is InChI=1S/C14H12FN3O/c1-9-7-10-8-16-17(2)13(10)18(14(9)19)12-5-3-11(15)4-6-12/h3-8H,1-2H3. The summed E-state index contributed by atoms with van der Waals surface area (Å²) in [6, 6.07) is 7.66. The first kappa shape index (κ1) is 11.6. The Morgan fingerprint density at radius 2 is 1.89 bits per heavy atom. The number of pyridine rings is 1. The van der Waals surface area contributed by atoms with Crippen molar-refractivity contribution < 1.29 is 4.39 Å².